The Hall–Kier alpha value is -2.91. The van der Waals surface area contributed by atoms with Gasteiger partial charge in [0.2, 0.25) is 5.91 Å². The first-order chi connectivity index (χ1) is 15.2. The highest BCUT2D eigenvalue weighted by atomic mass is 16.5. The van der Waals surface area contributed by atoms with Crippen LogP contribution in [0.5, 0.6) is 0 Å². The fourth-order valence-electron chi connectivity index (χ4n) is 4.57. The van der Waals surface area contributed by atoms with Crippen LogP contribution in [0.4, 0.5) is 5.82 Å². The van der Waals surface area contributed by atoms with Crippen LogP contribution in [0.15, 0.2) is 30.6 Å². The van der Waals surface area contributed by atoms with Gasteiger partial charge in [0, 0.05) is 49.7 Å². The van der Waals surface area contributed by atoms with Crippen LogP contribution in [0.2, 0.25) is 0 Å². The molecule has 3 aromatic rings. The van der Waals surface area contributed by atoms with Gasteiger partial charge >= 0.3 is 0 Å². The third-order valence-electron chi connectivity index (χ3n) is 6.32. The van der Waals surface area contributed by atoms with Crippen molar-refractivity contribution in [2.24, 2.45) is 13.0 Å². The lowest BCUT2D eigenvalue weighted by Crippen LogP contribution is -2.45. The summed E-state index contributed by atoms with van der Waals surface area (Å²) < 4.78 is 7.10. The SMILES string of the molecule is Cn1cc(-c2ccc3cnc(NC(=O)[C@H]4CC[C@H](N5CCOCC5)CC4)cc3n2)nn1. The minimum absolute atomic E-state index is 0.0358. The summed E-state index contributed by atoms with van der Waals surface area (Å²) in [5.41, 5.74) is 2.22. The predicted molar refractivity (Wildman–Crippen MR) is 116 cm³/mol. The van der Waals surface area contributed by atoms with Crippen LogP contribution in [-0.4, -0.2) is 68.1 Å². The number of amides is 1. The molecule has 1 aliphatic carbocycles. The fourth-order valence-corrected chi connectivity index (χ4v) is 4.57. The number of carbonyl (C=O) groups is 1. The number of carbonyl (C=O) groups excluding carboxylic acids is 1. The molecule has 2 aliphatic rings. The molecule has 1 aliphatic heterocycles. The van der Waals surface area contributed by atoms with Gasteiger partial charge in [-0.2, -0.15) is 0 Å². The standard InChI is InChI=1S/C22H27N7O2/c1-28-14-20(26-27-28)18-7-4-16-13-23-21(12-19(16)24-18)25-22(30)15-2-5-17(6-3-15)29-8-10-31-11-9-29/h4,7,12-15,17H,2-3,5-6,8-11H2,1H3,(H,23,25,30)/t15-,17-. The van der Waals surface area contributed by atoms with Gasteiger partial charge in [-0.3, -0.25) is 14.4 Å². The van der Waals surface area contributed by atoms with E-state index in [1.807, 2.05) is 31.4 Å². The maximum absolute atomic E-state index is 12.9. The van der Waals surface area contributed by atoms with Crippen LogP contribution in [0.3, 0.4) is 0 Å². The monoisotopic (exact) mass is 421 g/mol. The van der Waals surface area contributed by atoms with E-state index in [0.29, 0.717) is 17.6 Å². The van der Waals surface area contributed by atoms with Crippen molar-refractivity contribution in [3.63, 3.8) is 0 Å². The molecule has 0 bridgehead atoms. The molecule has 4 heterocycles. The predicted octanol–water partition coefficient (Wildman–Crippen LogP) is 2.25. The lowest BCUT2D eigenvalue weighted by molar-refractivity contribution is -0.121. The van der Waals surface area contributed by atoms with Crippen LogP contribution in [0, 0.1) is 5.92 Å². The first-order valence-electron chi connectivity index (χ1n) is 10.9. The molecule has 0 atom stereocenters. The molecule has 9 heteroatoms. The summed E-state index contributed by atoms with van der Waals surface area (Å²) in [5, 5.41) is 12.0. The second-order valence-corrected chi connectivity index (χ2v) is 8.38. The molecule has 0 aromatic carbocycles. The molecular formula is C22H27N7O2. The van der Waals surface area contributed by atoms with Gasteiger partial charge in [-0.25, -0.2) is 9.97 Å². The molecule has 1 N–H and O–H groups in total. The Bertz CT molecular complexity index is 1070. The minimum atomic E-state index is 0.0358. The molecular weight excluding hydrogens is 394 g/mol. The molecule has 5 rings (SSSR count). The maximum atomic E-state index is 12.9. The molecule has 2 fully saturated rings. The molecule has 31 heavy (non-hydrogen) atoms. The molecule has 9 nitrogen and oxygen atoms in total. The van der Waals surface area contributed by atoms with E-state index >= 15 is 0 Å². The Kier molecular flexibility index (Phi) is 5.61. The van der Waals surface area contributed by atoms with Crippen LogP contribution < -0.4 is 5.32 Å². The van der Waals surface area contributed by atoms with Crippen molar-refractivity contribution in [1.82, 2.24) is 29.9 Å². The average Bonchev–Trinajstić information content (AvgIpc) is 3.25. The fraction of sp³-hybridized carbons (Fsp3) is 0.500. The van der Waals surface area contributed by atoms with Gasteiger partial charge in [-0.05, 0) is 37.8 Å². The van der Waals surface area contributed by atoms with Crippen LogP contribution in [-0.2, 0) is 16.6 Å². The van der Waals surface area contributed by atoms with E-state index in [0.717, 1.165) is 68.6 Å². The zero-order chi connectivity index (χ0) is 21.2. The van der Waals surface area contributed by atoms with Gasteiger partial charge < -0.3 is 10.1 Å². The highest BCUT2D eigenvalue weighted by molar-refractivity contribution is 5.93. The Labute approximate surface area is 180 Å². The normalized spacial score (nSPS) is 22.5. The number of anilines is 1. The number of aryl methyl sites for hydroxylation is 1. The van der Waals surface area contributed by atoms with Gasteiger partial charge in [0.15, 0.2) is 0 Å². The third-order valence-corrected chi connectivity index (χ3v) is 6.32. The summed E-state index contributed by atoms with van der Waals surface area (Å²) in [6, 6.07) is 6.26. The van der Waals surface area contributed by atoms with E-state index in [9.17, 15) is 4.79 Å². The molecule has 0 unspecified atom stereocenters. The first kappa shape index (κ1) is 20.0. The van der Waals surface area contributed by atoms with E-state index in [1.165, 1.54) is 0 Å². The highest BCUT2D eigenvalue weighted by Gasteiger charge is 2.30. The van der Waals surface area contributed by atoms with Gasteiger partial charge in [-0.15, -0.1) is 5.10 Å². The van der Waals surface area contributed by atoms with E-state index in [1.54, 1.807) is 10.9 Å². The lowest BCUT2D eigenvalue weighted by Gasteiger charge is -2.38. The minimum Gasteiger partial charge on any atom is -0.379 e. The van der Waals surface area contributed by atoms with E-state index < -0.39 is 0 Å². The Morgan fingerprint density at radius 1 is 1.13 bits per heavy atom. The number of pyridine rings is 2. The number of aromatic nitrogens is 5. The molecule has 0 spiro atoms. The number of ether oxygens (including phenoxy) is 1. The van der Waals surface area contributed by atoms with Crippen molar-refractivity contribution in [3.05, 3.63) is 30.6 Å². The van der Waals surface area contributed by atoms with E-state index in [-0.39, 0.29) is 11.8 Å². The number of rotatable bonds is 4. The number of nitrogens with one attached hydrogen (secondary N) is 1. The number of hydrogen-bond acceptors (Lipinski definition) is 7. The lowest BCUT2D eigenvalue weighted by atomic mass is 9.84. The number of nitrogens with zero attached hydrogens (tertiary/aromatic N) is 6. The zero-order valence-electron chi connectivity index (χ0n) is 17.7. The Morgan fingerprint density at radius 3 is 2.68 bits per heavy atom. The third kappa shape index (κ3) is 4.42. The maximum Gasteiger partial charge on any atom is 0.228 e. The van der Waals surface area contributed by atoms with Crippen molar-refractivity contribution in [2.45, 2.75) is 31.7 Å². The van der Waals surface area contributed by atoms with Crippen molar-refractivity contribution in [3.8, 4) is 11.4 Å². The zero-order valence-corrected chi connectivity index (χ0v) is 17.7. The Balaban J connectivity index is 1.24. The van der Waals surface area contributed by atoms with Crippen molar-refractivity contribution < 1.29 is 9.53 Å². The van der Waals surface area contributed by atoms with Crippen LogP contribution >= 0.6 is 0 Å². The van der Waals surface area contributed by atoms with Gasteiger partial charge in [0.05, 0.1) is 30.6 Å². The quantitative estimate of drug-likeness (QED) is 0.690. The first-order valence-corrected chi connectivity index (χ1v) is 10.9. The summed E-state index contributed by atoms with van der Waals surface area (Å²) in [7, 11) is 1.82. The largest absolute Gasteiger partial charge is 0.379 e. The van der Waals surface area contributed by atoms with Crippen LogP contribution in [0.1, 0.15) is 25.7 Å². The van der Waals surface area contributed by atoms with E-state index in [2.05, 4.69) is 30.5 Å². The van der Waals surface area contributed by atoms with Crippen LogP contribution in [0.25, 0.3) is 22.3 Å². The van der Waals surface area contributed by atoms with Crippen molar-refractivity contribution >= 4 is 22.6 Å². The summed E-state index contributed by atoms with van der Waals surface area (Å²) >= 11 is 0. The number of hydrogen-bond donors (Lipinski definition) is 1. The molecule has 162 valence electrons. The molecule has 1 amide bonds. The topological polar surface area (TPSA) is 98.1 Å². The summed E-state index contributed by atoms with van der Waals surface area (Å²) in [6.07, 6.45) is 7.52. The smallest absolute Gasteiger partial charge is 0.228 e. The van der Waals surface area contributed by atoms with Gasteiger partial charge in [0.25, 0.3) is 0 Å². The summed E-state index contributed by atoms with van der Waals surface area (Å²) in [4.78, 5) is 24.5. The number of morpholine rings is 1. The average molecular weight is 422 g/mol. The molecule has 3 aromatic heterocycles. The van der Waals surface area contributed by atoms with Gasteiger partial charge in [0.1, 0.15) is 11.5 Å². The van der Waals surface area contributed by atoms with Gasteiger partial charge in [-0.1, -0.05) is 5.21 Å². The van der Waals surface area contributed by atoms with E-state index in [4.69, 9.17) is 4.74 Å². The highest BCUT2D eigenvalue weighted by Crippen LogP contribution is 2.29. The molecule has 1 saturated heterocycles. The summed E-state index contributed by atoms with van der Waals surface area (Å²) in [5.74, 6) is 0.627. The molecule has 0 radical (unpaired) electrons. The Morgan fingerprint density at radius 2 is 1.94 bits per heavy atom. The summed E-state index contributed by atoms with van der Waals surface area (Å²) in [6.45, 7) is 3.65. The second kappa shape index (κ2) is 8.68. The second-order valence-electron chi connectivity index (χ2n) is 8.38. The molecule has 1 saturated carbocycles. The number of fused-ring (bicyclic) bond motifs is 1. The van der Waals surface area contributed by atoms with Crippen molar-refractivity contribution in [2.75, 3.05) is 31.6 Å². The van der Waals surface area contributed by atoms with Crippen molar-refractivity contribution in [1.29, 1.82) is 0 Å².